The van der Waals surface area contributed by atoms with Gasteiger partial charge in [-0.15, -0.1) is 10.2 Å². The van der Waals surface area contributed by atoms with E-state index in [4.69, 9.17) is 23.2 Å². The van der Waals surface area contributed by atoms with E-state index >= 15 is 0 Å². The summed E-state index contributed by atoms with van der Waals surface area (Å²) in [6, 6.07) is 14.3. The molecule has 1 heterocycles. The molecule has 2 aromatic carbocycles. The minimum absolute atomic E-state index is 0.142. The Morgan fingerprint density at radius 1 is 1.03 bits per heavy atom. The van der Waals surface area contributed by atoms with Crippen molar-refractivity contribution in [3.8, 4) is 0 Å². The van der Waals surface area contributed by atoms with Gasteiger partial charge in [0.2, 0.25) is 0 Å². The van der Waals surface area contributed by atoms with Crippen LogP contribution in [0, 0.1) is 5.92 Å². The SMILES string of the molecule is CC(C)[C@H](NC(=O)c1ccc(Cl)cc1)c1nnc(SCc2ccc(Cl)cc2)n1C. The van der Waals surface area contributed by atoms with Crippen LogP contribution in [0.5, 0.6) is 0 Å². The van der Waals surface area contributed by atoms with E-state index in [2.05, 4.69) is 15.5 Å². The number of halogens is 2. The summed E-state index contributed by atoms with van der Waals surface area (Å²) >= 11 is 13.4. The predicted molar refractivity (Wildman–Crippen MR) is 119 cm³/mol. The molecule has 0 bridgehead atoms. The molecule has 5 nitrogen and oxygen atoms in total. The van der Waals surface area contributed by atoms with Crippen LogP contribution in [0.2, 0.25) is 10.0 Å². The van der Waals surface area contributed by atoms with Crippen LogP contribution in [0.1, 0.15) is 41.6 Å². The molecule has 0 saturated heterocycles. The van der Waals surface area contributed by atoms with Crippen molar-refractivity contribution in [3.63, 3.8) is 0 Å². The number of benzene rings is 2. The Morgan fingerprint density at radius 2 is 1.62 bits per heavy atom. The Morgan fingerprint density at radius 3 is 2.21 bits per heavy atom. The fraction of sp³-hybridized carbons (Fsp3) is 0.286. The van der Waals surface area contributed by atoms with Crippen molar-refractivity contribution in [1.82, 2.24) is 20.1 Å². The highest BCUT2D eigenvalue weighted by Gasteiger charge is 2.25. The van der Waals surface area contributed by atoms with Crippen LogP contribution < -0.4 is 5.32 Å². The molecule has 0 fully saturated rings. The molecule has 0 unspecified atom stereocenters. The molecular formula is C21H22Cl2N4OS. The first-order valence-electron chi connectivity index (χ1n) is 9.18. The Labute approximate surface area is 184 Å². The summed E-state index contributed by atoms with van der Waals surface area (Å²) in [6.07, 6.45) is 0. The topological polar surface area (TPSA) is 59.8 Å². The number of carbonyl (C=O) groups excluding carboxylic acids is 1. The zero-order chi connectivity index (χ0) is 21.0. The van der Waals surface area contributed by atoms with Crippen LogP contribution in [0.4, 0.5) is 0 Å². The summed E-state index contributed by atoms with van der Waals surface area (Å²) in [5.41, 5.74) is 1.71. The smallest absolute Gasteiger partial charge is 0.251 e. The molecule has 3 rings (SSSR count). The average molecular weight is 449 g/mol. The van der Waals surface area contributed by atoms with Crippen molar-refractivity contribution in [2.24, 2.45) is 13.0 Å². The molecule has 0 saturated carbocycles. The maximum Gasteiger partial charge on any atom is 0.251 e. The molecule has 1 aromatic heterocycles. The molecule has 3 aromatic rings. The van der Waals surface area contributed by atoms with Crippen LogP contribution in [0.25, 0.3) is 0 Å². The van der Waals surface area contributed by atoms with Gasteiger partial charge >= 0.3 is 0 Å². The second-order valence-electron chi connectivity index (χ2n) is 7.02. The lowest BCUT2D eigenvalue weighted by Crippen LogP contribution is -2.33. The highest BCUT2D eigenvalue weighted by atomic mass is 35.5. The number of amides is 1. The lowest BCUT2D eigenvalue weighted by Gasteiger charge is -2.21. The number of nitrogens with one attached hydrogen (secondary N) is 1. The molecule has 0 aliphatic carbocycles. The van der Waals surface area contributed by atoms with Gasteiger partial charge in [0.1, 0.15) is 0 Å². The molecule has 29 heavy (non-hydrogen) atoms. The zero-order valence-electron chi connectivity index (χ0n) is 16.4. The van der Waals surface area contributed by atoms with Gasteiger partial charge in [-0.1, -0.05) is 60.9 Å². The normalized spacial score (nSPS) is 12.2. The standard InChI is InChI=1S/C21H22Cl2N4OS/c1-13(2)18(24-20(28)15-6-10-17(23)11-7-15)19-25-26-21(27(19)3)29-12-14-4-8-16(22)9-5-14/h4-11,13,18H,12H2,1-3H3,(H,24,28)/t18-/m0/s1. The summed E-state index contributed by atoms with van der Waals surface area (Å²) < 4.78 is 1.94. The van der Waals surface area contributed by atoms with Gasteiger partial charge < -0.3 is 9.88 Å². The van der Waals surface area contributed by atoms with Crippen molar-refractivity contribution in [3.05, 3.63) is 75.5 Å². The number of carbonyl (C=O) groups is 1. The molecule has 1 N–H and O–H groups in total. The number of thioether (sulfide) groups is 1. The average Bonchev–Trinajstić information content (AvgIpc) is 3.06. The molecule has 8 heteroatoms. The molecule has 1 atom stereocenters. The Balaban J connectivity index is 1.73. The summed E-state index contributed by atoms with van der Waals surface area (Å²) in [4.78, 5) is 12.7. The predicted octanol–water partition coefficient (Wildman–Crippen LogP) is 5.54. The maximum absolute atomic E-state index is 12.7. The Bertz CT molecular complexity index is 971. The second kappa shape index (κ2) is 9.65. The monoisotopic (exact) mass is 448 g/mol. The van der Waals surface area contributed by atoms with Crippen LogP contribution in [-0.4, -0.2) is 20.7 Å². The zero-order valence-corrected chi connectivity index (χ0v) is 18.7. The van der Waals surface area contributed by atoms with E-state index < -0.39 is 0 Å². The number of rotatable bonds is 7. The first-order chi connectivity index (χ1) is 13.8. The van der Waals surface area contributed by atoms with Gasteiger partial charge in [0.05, 0.1) is 6.04 Å². The molecular weight excluding hydrogens is 427 g/mol. The van der Waals surface area contributed by atoms with Crippen molar-refractivity contribution in [1.29, 1.82) is 0 Å². The third-order valence-electron chi connectivity index (χ3n) is 4.49. The first kappa shape index (κ1) is 21.7. The van der Waals surface area contributed by atoms with E-state index in [9.17, 15) is 4.79 Å². The summed E-state index contributed by atoms with van der Waals surface area (Å²) in [6.45, 7) is 4.09. The van der Waals surface area contributed by atoms with Crippen LogP contribution >= 0.6 is 35.0 Å². The molecule has 0 spiro atoms. The molecule has 0 aliphatic heterocycles. The van der Waals surface area contributed by atoms with Gasteiger partial charge in [0.25, 0.3) is 5.91 Å². The van der Waals surface area contributed by atoms with E-state index in [0.717, 1.165) is 27.3 Å². The van der Waals surface area contributed by atoms with Gasteiger partial charge in [-0.2, -0.15) is 0 Å². The maximum atomic E-state index is 12.7. The number of hydrogen-bond acceptors (Lipinski definition) is 4. The van der Waals surface area contributed by atoms with Crippen LogP contribution in [-0.2, 0) is 12.8 Å². The van der Waals surface area contributed by atoms with Crippen molar-refractivity contribution >= 4 is 40.9 Å². The third kappa shape index (κ3) is 5.53. The van der Waals surface area contributed by atoms with Gasteiger partial charge in [-0.3, -0.25) is 4.79 Å². The number of aromatic nitrogens is 3. The van der Waals surface area contributed by atoms with Crippen LogP contribution in [0.3, 0.4) is 0 Å². The lowest BCUT2D eigenvalue weighted by atomic mass is 10.0. The van der Waals surface area contributed by atoms with Crippen LogP contribution in [0.15, 0.2) is 53.7 Å². The van der Waals surface area contributed by atoms with Gasteiger partial charge in [-0.05, 0) is 47.9 Å². The molecule has 152 valence electrons. The summed E-state index contributed by atoms with van der Waals surface area (Å²) in [5, 5.41) is 13.9. The van der Waals surface area contributed by atoms with Gasteiger partial charge in [0, 0.05) is 28.4 Å². The van der Waals surface area contributed by atoms with Crippen molar-refractivity contribution in [2.45, 2.75) is 30.8 Å². The minimum Gasteiger partial charge on any atom is -0.342 e. The lowest BCUT2D eigenvalue weighted by molar-refractivity contribution is 0.0922. The van der Waals surface area contributed by atoms with Crippen molar-refractivity contribution in [2.75, 3.05) is 0 Å². The minimum atomic E-state index is -0.263. The van der Waals surface area contributed by atoms with E-state index in [1.54, 1.807) is 36.0 Å². The van der Waals surface area contributed by atoms with E-state index in [-0.39, 0.29) is 17.9 Å². The summed E-state index contributed by atoms with van der Waals surface area (Å²) in [7, 11) is 1.92. The second-order valence-corrected chi connectivity index (χ2v) is 8.83. The van der Waals surface area contributed by atoms with E-state index in [1.165, 1.54) is 0 Å². The first-order valence-corrected chi connectivity index (χ1v) is 10.9. The van der Waals surface area contributed by atoms with Gasteiger partial charge in [0.15, 0.2) is 11.0 Å². The fourth-order valence-corrected chi connectivity index (χ4v) is 3.93. The molecule has 1 amide bonds. The van der Waals surface area contributed by atoms with E-state index in [0.29, 0.717) is 10.6 Å². The number of nitrogens with zero attached hydrogens (tertiary/aromatic N) is 3. The van der Waals surface area contributed by atoms with Gasteiger partial charge in [-0.25, -0.2) is 0 Å². The fourth-order valence-electron chi connectivity index (χ4n) is 2.81. The van der Waals surface area contributed by atoms with E-state index in [1.807, 2.05) is 49.7 Å². The largest absolute Gasteiger partial charge is 0.342 e. The number of hydrogen-bond donors (Lipinski definition) is 1. The third-order valence-corrected chi connectivity index (χ3v) is 6.08. The summed E-state index contributed by atoms with van der Waals surface area (Å²) in [5.74, 6) is 1.45. The Kier molecular flexibility index (Phi) is 7.22. The highest BCUT2D eigenvalue weighted by molar-refractivity contribution is 7.98. The molecule has 0 aliphatic rings. The highest BCUT2D eigenvalue weighted by Crippen LogP contribution is 2.26. The Hall–Kier alpha value is -2.02. The van der Waals surface area contributed by atoms with Crippen molar-refractivity contribution < 1.29 is 4.79 Å². The molecule has 0 radical (unpaired) electrons. The quantitative estimate of drug-likeness (QED) is 0.481.